The highest BCUT2D eigenvalue weighted by molar-refractivity contribution is 5.94. The number of ketones is 1. The minimum Gasteiger partial charge on any atom is -0.359 e. The Morgan fingerprint density at radius 2 is 1.88 bits per heavy atom. The van der Waals surface area contributed by atoms with E-state index in [1.165, 1.54) is 0 Å². The molecule has 92 valence electrons. The molecule has 4 heteroatoms. The maximum absolute atomic E-state index is 12.0. The standard InChI is InChI=1S/C13H18N2O2/c1-9(14)13(17)11(8-12(16)15-2)10-6-4-3-5-7-10/h3-7,9,11H,8,14H2,1-2H3,(H,15,16)/t9-,11?/m1/s1. The van der Waals surface area contributed by atoms with Crippen LogP contribution in [0.4, 0.5) is 0 Å². The van der Waals surface area contributed by atoms with Crippen molar-refractivity contribution >= 4 is 11.7 Å². The van der Waals surface area contributed by atoms with Crippen molar-refractivity contribution < 1.29 is 9.59 Å². The number of amides is 1. The van der Waals surface area contributed by atoms with Gasteiger partial charge < -0.3 is 11.1 Å². The smallest absolute Gasteiger partial charge is 0.220 e. The van der Waals surface area contributed by atoms with Gasteiger partial charge in [-0.15, -0.1) is 0 Å². The summed E-state index contributed by atoms with van der Waals surface area (Å²) in [5.41, 5.74) is 6.44. The zero-order chi connectivity index (χ0) is 12.8. The molecule has 0 aliphatic carbocycles. The van der Waals surface area contributed by atoms with Gasteiger partial charge in [0.05, 0.1) is 12.0 Å². The molecule has 1 amide bonds. The second-order valence-corrected chi connectivity index (χ2v) is 4.03. The molecule has 0 heterocycles. The van der Waals surface area contributed by atoms with Gasteiger partial charge in [0.15, 0.2) is 5.78 Å². The van der Waals surface area contributed by atoms with Crippen LogP contribution in [-0.2, 0) is 9.59 Å². The lowest BCUT2D eigenvalue weighted by atomic mass is 9.88. The molecule has 17 heavy (non-hydrogen) atoms. The largest absolute Gasteiger partial charge is 0.359 e. The molecule has 1 unspecified atom stereocenters. The van der Waals surface area contributed by atoms with Crippen LogP contribution >= 0.6 is 0 Å². The van der Waals surface area contributed by atoms with E-state index in [9.17, 15) is 9.59 Å². The summed E-state index contributed by atoms with van der Waals surface area (Å²) in [5.74, 6) is -0.733. The Hall–Kier alpha value is -1.68. The van der Waals surface area contributed by atoms with Crippen LogP contribution in [0.3, 0.4) is 0 Å². The van der Waals surface area contributed by atoms with Crippen molar-refractivity contribution in [2.45, 2.75) is 25.3 Å². The highest BCUT2D eigenvalue weighted by Crippen LogP contribution is 2.21. The predicted molar refractivity (Wildman–Crippen MR) is 66.5 cm³/mol. The topological polar surface area (TPSA) is 72.2 Å². The summed E-state index contributed by atoms with van der Waals surface area (Å²) in [6, 6.07) is 8.68. The Labute approximate surface area is 101 Å². The first-order valence-corrected chi connectivity index (χ1v) is 5.61. The average Bonchev–Trinajstić information content (AvgIpc) is 2.35. The number of Topliss-reactive ketones (excluding diaryl/α,β-unsaturated/α-hetero) is 1. The van der Waals surface area contributed by atoms with Gasteiger partial charge in [-0.1, -0.05) is 30.3 Å². The van der Waals surface area contributed by atoms with E-state index in [1.54, 1.807) is 14.0 Å². The van der Waals surface area contributed by atoms with E-state index in [1.807, 2.05) is 30.3 Å². The number of carbonyl (C=O) groups is 2. The van der Waals surface area contributed by atoms with Crippen LogP contribution in [0.25, 0.3) is 0 Å². The van der Waals surface area contributed by atoms with Gasteiger partial charge in [-0.2, -0.15) is 0 Å². The molecular weight excluding hydrogens is 216 g/mol. The van der Waals surface area contributed by atoms with Gasteiger partial charge in [0.2, 0.25) is 5.91 Å². The molecule has 0 saturated heterocycles. The minimum atomic E-state index is -0.565. The summed E-state index contributed by atoms with van der Waals surface area (Å²) in [6.07, 6.45) is 0.140. The fraction of sp³-hybridized carbons (Fsp3) is 0.385. The molecule has 0 aliphatic heterocycles. The van der Waals surface area contributed by atoms with Crippen molar-refractivity contribution in [2.24, 2.45) is 5.73 Å². The Bertz CT molecular complexity index is 388. The van der Waals surface area contributed by atoms with Crippen LogP contribution in [0.1, 0.15) is 24.8 Å². The van der Waals surface area contributed by atoms with E-state index in [2.05, 4.69) is 5.32 Å². The number of carbonyl (C=O) groups excluding carboxylic acids is 2. The molecule has 0 aliphatic rings. The maximum atomic E-state index is 12.0. The fourth-order valence-corrected chi connectivity index (χ4v) is 1.67. The molecule has 1 rings (SSSR count). The summed E-state index contributed by atoms with van der Waals surface area (Å²) in [4.78, 5) is 23.4. The van der Waals surface area contributed by atoms with Crippen LogP contribution in [0, 0.1) is 0 Å². The molecule has 3 N–H and O–H groups in total. The van der Waals surface area contributed by atoms with Gasteiger partial charge in [0.1, 0.15) is 0 Å². The number of rotatable bonds is 5. The molecule has 4 nitrogen and oxygen atoms in total. The highest BCUT2D eigenvalue weighted by atomic mass is 16.2. The summed E-state index contributed by atoms with van der Waals surface area (Å²) in [5, 5.41) is 2.53. The average molecular weight is 234 g/mol. The third kappa shape index (κ3) is 3.67. The zero-order valence-corrected chi connectivity index (χ0v) is 10.1. The molecule has 0 radical (unpaired) electrons. The SMILES string of the molecule is CNC(=O)CC(C(=O)[C@@H](C)N)c1ccccc1. The van der Waals surface area contributed by atoms with E-state index >= 15 is 0 Å². The Morgan fingerprint density at radius 3 is 2.35 bits per heavy atom. The maximum Gasteiger partial charge on any atom is 0.220 e. The second kappa shape index (κ2) is 6.15. The predicted octanol–water partition coefficient (Wildman–Crippen LogP) is 0.823. The number of hydrogen-bond donors (Lipinski definition) is 2. The third-order valence-corrected chi connectivity index (χ3v) is 2.66. The first kappa shape index (κ1) is 13.4. The molecular formula is C13H18N2O2. The third-order valence-electron chi connectivity index (χ3n) is 2.66. The van der Waals surface area contributed by atoms with Crippen molar-refractivity contribution in [2.75, 3.05) is 7.05 Å². The first-order chi connectivity index (χ1) is 8.06. The highest BCUT2D eigenvalue weighted by Gasteiger charge is 2.25. The van der Waals surface area contributed by atoms with E-state index in [0.717, 1.165) is 5.56 Å². The number of hydrogen-bond acceptors (Lipinski definition) is 3. The summed E-state index contributed by atoms with van der Waals surface area (Å²) < 4.78 is 0. The van der Waals surface area contributed by atoms with Crippen molar-refractivity contribution in [1.29, 1.82) is 0 Å². The lowest BCUT2D eigenvalue weighted by Gasteiger charge is -2.17. The summed E-state index contributed by atoms with van der Waals surface area (Å²) in [6.45, 7) is 1.64. The van der Waals surface area contributed by atoms with E-state index < -0.39 is 12.0 Å². The van der Waals surface area contributed by atoms with Crippen LogP contribution in [-0.4, -0.2) is 24.8 Å². The van der Waals surface area contributed by atoms with E-state index in [-0.39, 0.29) is 18.1 Å². The molecule has 0 fully saturated rings. The van der Waals surface area contributed by atoms with Crippen LogP contribution < -0.4 is 11.1 Å². The van der Waals surface area contributed by atoms with Gasteiger partial charge in [0, 0.05) is 13.5 Å². The van der Waals surface area contributed by atoms with Crippen molar-refractivity contribution in [3.05, 3.63) is 35.9 Å². The Kier molecular flexibility index (Phi) is 4.84. The molecule has 0 saturated carbocycles. The van der Waals surface area contributed by atoms with Crippen LogP contribution in [0.15, 0.2) is 30.3 Å². The lowest BCUT2D eigenvalue weighted by molar-refractivity contribution is -0.126. The normalized spacial score (nSPS) is 13.8. The molecule has 2 atom stereocenters. The molecule has 1 aromatic carbocycles. The zero-order valence-electron chi connectivity index (χ0n) is 10.1. The number of nitrogens with one attached hydrogen (secondary N) is 1. The Morgan fingerprint density at radius 1 is 1.29 bits per heavy atom. The van der Waals surface area contributed by atoms with Gasteiger partial charge >= 0.3 is 0 Å². The van der Waals surface area contributed by atoms with Crippen LogP contribution in [0.2, 0.25) is 0 Å². The van der Waals surface area contributed by atoms with E-state index in [0.29, 0.717) is 0 Å². The van der Waals surface area contributed by atoms with Crippen LogP contribution in [0.5, 0.6) is 0 Å². The first-order valence-electron chi connectivity index (χ1n) is 5.61. The molecule has 0 aromatic heterocycles. The Balaban J connectivity index is 2.94. The van der Waals surface area contributed by atoms with Crippen molar-refractivity contribution in [3.8, 4) is 0 Å². The monoisotopic (exact) mass is 234 g/mol. The van der Waals surface area contributed by atoms with Gasteiger partial charge in [-0.3, -0.25) is 9.59 Å². The molecule has 1 aromatic rings. The fourth-order valence-electron chi connectivity index (χ4n) is 1.67. The molecule has 0 bridgehead atoms. The lowest BCUT2D eigenvalue weighted by Crippen LogP contribution is -2.34. The number of nitrogens with two attached hydrogens (primary N) is 1. The quantitative estimate of drug-likeness (QED) is 0.792. The van der Waals surface area contributed by atoms with Crippen molar-refractivity contribution in [3.63, 3.8) is 0 Å². The second-order valence-electron chi connectivity index (χ2n) is 4.03. The number of benzene rings is 1. The van der Waals surface area contributed by atoms with Gasteiger partial charge in [0.25, 0.3) is 0 Å². The van der Waals surface area contributed by atoms with Gasteiger partial charge in [-0.05, 0) is 12.5 Å². The van der Waals surface area contributed by atoms with Crippen molar-refractivity contribution in [1.82, 2.24) is 5.32 Å². The van der Waals surface area contributed by atoms with E-state index in [4.69, 9.17) is 5.73 Å². The van der Waals surface area contributed by atoms with Gasteiger partial charge in [-0.25, -0.2) is 0 Å². The summed E-state index contributed by atoms with van der Waals surface area (Å²) in [7, 11) is 1.56. The minimum absolute atomic E-state index is 0.111. The molecule has 0 spiro atoms. The summed E-state index contributed by atoms with van der Waals surface area (Å²) >= 11 is 0.